The van der Waals surface area contributed by atoms with Crippen LogP contribution in [-0.4, -0.2) is 0 Å². The number of hydrogen-bond donors (Lipinski definition) is 0. The normalized spacial score (nSPS) is 15.7. The zero-order valence-electron chi connectivity index (χ0n) is 11.3. The maximum absolute atomic E-state index is 5.74. The predicted octanol–water partition coefficient (Wildman–Crippen LogP) is 5.28. The lowest BCUT2D eigenvalue weighted by Crippen LogP contribution is -2.09. The molecule has 0 bridgehead atoms. The molecule has 4 rings (SSSR count). The van der Waals surface area contributed by atoms with Gasteiger partial charge in [0.15, 0.2) is 0 Å². The van der Waals surface area contributed by atoms with E-state index in [1.165, 1.54) is 34.9 Å². The van der Waals surface area contributed by atoms with Gasteiger partial charge in [-0.1, -0.05) is 60.2 Å². The predicted molar refractivity (Wildman–Crippen MR) is 81.8 cm³/mol. The highest BCUT2D eigenvalue weighted by Crippen LogP contribution is 2.41. The van der Waals surface area contributed by atoms with E-state index in [0.717, 1.165) is 5.58 Å². The Morgan fingerprint density at radius 2 is 1.65 bits per heavy atom. The number of hydrogen-bond acceptors (Lipinski definition) is 1. The van der Waals surface area contributed by atoms with Gasteiger partial charge < -0.3 is 4.42 Å². The maximum Gasteiger partial charge on any atom is 0.134 e. The van der Waals surface area contributed by atoms with Crippen molar-refractivity contribution in [2.75, 3.05) is 0 Å². The van der Waals surface area contributed by atoms with E-state index in [0.29, 0.717) is 5.92 Å². The van der Waals surface area contributed by atoms with Crippen LogP contribution in [0, 0.1) is 0 Å². The van der Waals surface area contributed by atoms with Crippen LogP contribution in [0.2, 0.25) is 0 Å². The zero-order valence-corrected chi connectivity index (χ0v) is 11.3. The Balaban J connectivity index is 1.91. The van der Waals surface area contributed by atoms with E-state index in [1.807, 2.05) is 18.4 Å². The summed E-state index contributed by atoms with van der Waals surface area (Å²) in [5.41, 5.74) is 5.13. The second kappa shape index (κ2) is 4.68. The first-order valence-corrected chi connectivity index (χ1v) is 7.13. The summed E-state index contributed by atoms with van der Waals surface area (Å²) in [6.45, 7) is 0. The Hall–Kier alpha value is -2.28. The SMILES string of the molecule is C1=C(C(c2ccccc2)c2coc3ccccc23)CC1. The van der Waals surface area contributed by atoms with E-state index in [9.17, 15) is 0 Å². The van der Waals surface area contributed by atoms with Crippen molar-refractivity contribution in [2.45, 2.75) is 18.8 Å². The molecule has 3 aromatic rings. The molecule has 1 atom stereocenters. The lowest BCUT2D eigenvalue weighted by Gasteiger charge is -2.25. The summed E-state index contributed by atoms with van der Waals surface area (Å²) in [5, 5.41) is 1.23. The average Bonchev–Trinajstić information content (AvgIpc) is 2.87. The lowest BCUT2D eigenvalue weighted by atomic mass is 9.78. The van der Waals surface area contributed by atoms with Crippen LogP contribution in [0.4, 0.5) is 0 Å². The summed E-state index contributed by atoms with van der Waals surface area (Å²) in [6.07, 6.45) is 6.69. The highest BCUT2D eigenvalue weighted by molar-refractivity contribution is 5.82. The smallest absolute Gasteiger partial charge is 0.134 e. The van der Waals surface area contributed by atoms with Crippen LogP contribution in [0.1, 0.15) is 29.9 Å². The molecule has 0 aliphatic heterocycles. The van der Waals surface area contributed by atoms with Crippen LogP contribution >= 0.6 is 0 Å². The molecule has 1 heteroatoms. The van der Waals surface area contributed by atoms with E-state index < -0.39 is 0 Å². The first-order chi connectivity index (χ1) is 9.93. The van der Waals surface area contributed by atoms with Crippen molar-refractivity contribution < 1.29 is 4.42 Å². The number of furan rings is 1. The quantitative estimate of drug-likeness (QED) is 0.583. The van der Waals surface area contributed by atoms with E-state index >= 15 is 0 Å². The first kappa shape index (κ1) is 11.5. The number of rotatable bonds is 3. The number of fused-ring (bicyclic) bond motifs is 1. The Morgan fingerprint density at radius 3 is 2.40 bits per heavy atom. The molecule has 0 amide bonds. The molecule has 2 aromatic carbocycles. The van der Waals surface area contributed by atoms with Crippen molar-refractivity contribution in [1.29, 1.82) is 0 Å². The molecular formula is C19H16O. The fraction of sp³-hybridized carbons (Fsp3) is 0.158. The van der Waals surface area contributed by atoms with Gasteiger partial charge in [0, 0.05) is 16.9 Å². The molecule has 0 fully saturated rings. The topological polar surface area (TPSA) is 13.1 Å². The van der Waals surface area contributed by atoms with Crippen LogP contribution in [0.3, 0.4) is 0 Å². The van der Waals surface area contributed by atoms with Crippen molar-refractivity contribution in [3.8, 4) is 0 Å². The summed E-state index contributed by atoms with van der Waals surface area (Å²) in [4.78, 5) is 0. The Labute approximate surface area is 118 Å². The van der Waals surface area contributed by atoms with E-state index in [1.54, 1.807) is 0 Å². The number of para-hydroxylation sites is 1. The van der Waals surface area contributed by atoms with Crippen molar-refractivity contribution in [3.63, 3.8) is 0 Å². The molecule has 0 spiro atoms. The summed E-state index contributed by atoms with van der Waals surface area (Å²) in [7, 11) is 0. The first-order valence-electron chi connectivity index (χ1n) is 7.13. The molecular weight excluding hydrogens is 244 g/mol. The van der Waals surface area contributed by atoms with Crippen LogP contribution in [-0.2, 0) is 0 Å². The Morgan fingerprint density at radius 1 is 0.900 bits per heavy atom. The molecule has 20 heavy (non-hydrogen) atoms. The Bertz CT molecular complexity index is 765. The molecule has 0 saturated heterocycles. The van der Waals surface area contributed by atoms with Crippen LogP contribution in [0.15, 0.2) is 76.9 Å². The summed E-state index contributed by atoms with van der Waals surface area (Å²) in [6, 6.07) is 19.0. The van der Waals surface area contributed by atoms with Gasteiger partial charge in [0.05, 0.1) is 6.26 Å². The van der Waals surface area contributed by atoms with Crippen LogP contribution in [0.25, 0.3) is 11.0 Å². The average molecular weight is 260 g/mol. The van der Waals surface area contributed by atoms with Gasteiger partial charge in [-0.05, 0) is 24.5 Å². The van der Waals surface area contributed by atoms with Gasteiger partial charge in [0.25, 0.3) is 0 Å². The number of benzene rings is 2. The van der Waals surface area contributed by atoms with E-state index in [4.69, 9.17) is 4.42 Å². The molecule has 0 radical (unpaired) electrons. The van der Waals surface area contributed by atoms with E-state index in [2.05, 4.69) is 48.5 Å². The van der Waals surface area contributed by atoms with Crippen LogP contribution < -0.4 is 0 Å². The minimum Gasteiger partial charge on any atom is -0.464 e. The molecule has 0 saturated carbocycles. The third kappa shape index (κ3) is 1.78. The fourth-order valence-electron chi connectivity index (χ4n) is 3.03. The van der Waals surface area contributed by atoms with Crippen LogP contribution in [0.5, 0.6) is 0 Å². The van der Waals surface area contributed by atoms with E-state index in [-0.39, 0.29) is 0 Å². The Kier molecular flexibility index (Phi) is 2.70. The molecule has 1 aromatic heterocycles. The molecule has 1 unspecified atom stereocenters. The third-order valence-corrected chi connectivity index (χ3v) is 4.17. The summed E-state index contributed by atoms with van der Waals surface area (Å²) in [5.74, 6) is 0.341. The molecule has 1 heterocycles. The highest BCUT2D eigenvalue weighted by atomic mass is 16.3. The van der Waals surface area contributed by atoms with Gasteiger partial charge >= 0.3 is 0 Å². The lowest BCUT2D eigenvalue weighted by molar-refractivity contribution is 0.607. The minimum atomic E-state index is 0.341. The molecule has 1 aliphatic rings. The van der Waals surface area contributed by atoms with Gasteiger partial charge in [0.1, 0.15) is 5.58 Å². The summed E-state index contributed by atoms with van der Waals surface area (Å²) < 4.78 is 5.74. The van der Waals surface area contributed by atoms with Crippen molar-refractivity contribution in [2.24, 2.45) is 0 Å². The second-order valence-corrected chi connectivity index (χ2v) is 5.35. The summed E-state index contributed by atoms with van der Waals surface area (Å²) >= 11 is 0. The maximum atomic E-state index is 5.74. The van der Waals surface area contributed by atoms with Gasteiger partial charge in [-0.15, -0.1) is 0 Å². The monoisotopic (exact) mass is 260 g/mol. The molecule has 1 aliphatic carbocycles. The second-order valence-electron chi connectivity index (χ2n) is 5.35. The van der Waals surface area contributed by atoms with Gasteiger partial charge in [-0.3, -0.25) is 0 Å². The van der Waals surface area contributed by atoms with Gasteiger partial charge in [-0.25, -0.2) is 0 Å². The zero-order chi connectivity index (χ0) is 13.4. The standard InChI is InChI=1S/C19H16O/c1-2-7-14(8-3-1)19(15-9-6-10-15)17-13-20-18-12-5-4-11-16(17)18/h1-5,7-9,11-13,19H,6,10H2. The number of allylic oxidation sites excluding steroid dienone is 2. The van der Waals surface area contributed by atoms with Gasteiger partial charge in [0.2, 0.25) is 0 Å². The molecule has 98 valence electrons. The highest BCUT2D eigenvalue weighted by Gasteiger charge is 2.25. The molecule has 0 N–H and O–H groups in total. The minimum absolute atomic E-state index is 0.341. The fourth-order valence-corrected chi connectivity index (χ4v) is 3.03. The largest absolute Gasteiger partial charge is 0.464 e. The van der Waals surface area contributed by atoms with Crippen molar-refractivity contribution >= 4 is 11.0 Å². The van der Waals surface area contributed by atoms with Crippen molar-refractivity contribution in [1.82, 2.24) is 0 Å². The molecule has 1 nitrogen and oxygen atoms in total. The van der Waals surface area contributed by atoms with Gasteiger partial charge in [-0.2, -0.15) is 0 Å². The third-order valence-electron chi connectivity index (χ3n) is 4.17. The van der Waals surface area contributed by atoms with Crippen molar-refractivity contribution in [3.05, 3.63) is 83.6 Å².